The van der Waals surface area contributed by atoms with E-state index in [-0.39, 0.29) is 5.84 Å². The van der Waals surface area contributed by atoms with Crippen molar-refractivity contribution in [1.29, 1.82) is 0 Å². The van der Waals surface area contributed by atoms with E-state index in [0.29, 0.717) is 30.3 Å². The average Bonchev–Trinajstić information content (AvgIpc) is 2.59. The van der Waals surface area contributed by atoms with Crippen molar-refractivity contribution in [1.82, 2.24) is 0 Å². The number of benzene rings is 2. The molecule has 0 bridgehead atoms. The van der Waals surface area contributed by atoms with E-state index in [2.05, 4.69) is 20.9 Å². The monoisotopic (exact) mass is 404 g/mol. The molecule has 1 amide bonds. The van der Waals surface area contributed by atoms with Crippen molar-refractivity contribution in [3.63, 3.8) is 0 Å². The number of rotatable bonds is 6. The van der Waals surface area contributed by atoms with Crippen LogP contribution in [0.15, 0.2) is 45.9 Å². The Morgan fingerprint density at radius 3 is 2.48 bits per heavy atom. The molecule has 0 saturated carbocycles. The van der Waals surface area contributed by atoms with Gasteiger partial charge in [0, 0.05) is 15.6 Å². The van der Waals surface area contributed by atoms with E-state index in [4.69, 9.17) is 15.2 Å². The first kappa shape index (κ1) is 19.0. The minimum absolute atomic E-state index is 0.177. The van der Waals surface area contributed by atoms with E-state index >= 15 is 0 Å². The molecule has 0 unspecified atom stereocenters. The third-order valence-corrected chi connectivity index (χ3v) is 4.42. The minimum atomic E-state index is -0.430. The van der Waals surface area contributed by atoms with Crippen LogP contribution in [-0.2, 0) is 0 Å². The van der Waals surface area contributed by atoms with Gasteiger partial charge >= 0.3 is 0 Å². The molecule has 2 aromatic rings. The Hall–Kier alpha value is -2.34. The molecule has 0 heterocycles. The second-order valence-corrected chi connectivity index (χ2v) is 6.10. The number of hydrogen-bond donors (Lipinski definition) is 1. The molecule has 2 rings (SSSR count). The van der Waals surface area contributed by atoms with Gasteiger partial charge in [0.25, 0.3) is 5.91 Å². The summed E-state index contributed by atoms with van der Waals surface area (Å²) in [5.41, 5.74) is 8.07. The summed E-state index contributed by atoms with van der Waals surface area (Å²) < 4.78 is 12.0. The molecule has 0 spiro atoms. The number of ether oxygens (including phenoxy) is 2. The maximum atomic E-state index is 12.5. The van der Waals surface area contributed by atoms with Gasteiger partial charge in [-0.25, -0.2) is 0 Å². The molecule has 0 aromatic heterocycles. The van der Waals surface area contributed by atoms with Gasteiger partial charge in [-0.3, -0.25) is 4.79 Å². The molecule has 132 valence electrons. The van der Waals surface area contributed by atoms with Crippen molar-refractivity contribution < 1.29 is 14.3 Å². The van der Waals surface area contributed by atoms with Gasteiger partial charge in [-0.1, -0.05) is 28.1 Å². The molecule has 0 aliphatic rings. The Balaban J connectivity index is 2.33. The number of aliphatic imine (C=N–C) groups is 1. The zero-order valence-electron chi connectivity index (χ0n) is 14.5. The molecule has 0 aliphatic heterocycles. The number of hydrogen-bond acceptors (Lipinski definition) is 3. The van der Waals surface area contributed by atoms with E-state index < -0.39 is 5.91 Å². The Morgan fingerprint density at radius 1 is 1.12 bits per heavy atom. The fourth-order valence-electron chi connectivity index (χ4n) is 2.30. The third kappa shape index (κ3) is 4.60. The predicted octanol–water partition coefficient (Wildman–Crippen LogP) is 4.10. The van der Waals surface area contributed by atoms with Crippen molar-refractivity contribution >= 4 is 27.7 Å². The number of amidine groups is 1. The van der Waals surface area contributed by atoms with Gasteiger partial charge in [-0.2, -0.15) is 4.99 Å². The Kier molecular flexibility index (Phi) is 6.58. The summed E-state index contributed by atoms with van der Waals surface area (Å²) in [5.74, 6) is 0.861. The molecule has 0 fully saturated rings. The van der Waals surface area contributed by atoms with Crippen molar-refractivity contribution in [2.75, 3.05) is 13.2 Å². The highest BCUT2D eigenvalue weighted by atomic mass is 79.9. The summed E-state index contributed by atoms with van der Waals surface area (Å²) in [4.78, 5) is 16.5. The van der Waals surface area contributed by atoms with Gasteiger partial charge in [0.1, 0.15) is 5.84 Å². The zero-order valence-corrected chi connectivity index (χ0v) is 16.1. The van der Waals surface area contributed by atoms with Crippen LogP contribution in [0.3, 0.4) is 0 Å². The van der Waals surface area contributed by atoms with Crippen molar-refractivity contribution in [3.8, 4) is 11.5 Å². The van der Waals surface area contributed by atoms with E-state index in [0.717, 1.165) is 15.6 Å². The summed E-state index contributed by atoms with van der Waals surface area (Å²) in [6.45, 7) is 6.66. The first-order valence-corrected chi connectivity index (χ1v) is 8.80. The maximum absolute atomic E-state index is 12.5. The average molecular weight is 405 g/mol. The van der Waals surface area contributed by atoms with Crippen LogP contribution in [0.1, 0.15) is 35.3 Å². The van der Waals surface area contributed by atoms with E-state index in [9.17, 15) is 4.79 Å². The molecule has 0 radical (unpaired) electrons. The maximum Gasteiger partial charge on any atom is 0.279 e. The molecule has 2 N–H and O–H groups in total. The number of nitrogens with two attached hydrogens (primary N) is 1. The fraction of sp³-hybridized carbons (Fsp3) is 0.263. The van der Waals surface area contributed by atoms with Crippen molar-refractivity contribution in [2.24, 2.45) is 10.7 Å². The lowest BCUT2D eigenvalue weighted by molar-refractivity contribution is 0.100. The Bertz CT molecular complexity index is 803. The molecule has 0 aliphatic carbocycles. The Labute approximate surface area is 156 Å². The van der Waals surface area contributed by atoms with Crippen molar-refractivity contribution in [2.45, 2.75) is 20.8 Å². The standard InChI is InChI=1S/C19H21BrN2O3/c1-4-24-16-10-9-13(11-17(16)25-5-2)19(23)22-18(21)14-7-6-8-15(20)12(14)3/h6-11H,4-5H2,1-3H3,(H2,21,22,23). The third-order valence-electron chi connectivity index (χ3n) is 3.56. The minimum Gasteiger partial charge on any atom is -0.490 e. The molecular formula is C19H21BrN2O3. The normalized spacial score (nSPS) is 11.3. The largest absolute Gasteiger partial charge is 0.490 e. The number of carbonyl (C=O) groups is 1. The first-order chi connectivity index (χ1) is 12.0. The van der Waals surface area contributed by atoms with Gasteiger partial charge in [0.05, 0.1) is 13.2 Å². The highest BCUT2D eigenvalue weighted by molar-refractivity contribution is 9.10. The second kappa shape index (κ2) is 8.67. The SMILES string of the molecule is CCOc1ccc(C(=O)N=C(N)c2cccc(Br)c2C)cc1OCC. The van der Waals surface area contributed by atoms with Crippen LogP contribution < -0.4 is 15.2 Å². The molecule has 2 aromatic carbocycles. The lowest BCUT2D eigenvalue weighted by atomic mass is 10.1. The van der Waals surface area contributed by atoms with Crippen molar-refractivity contribution in [3.05, 3.63) is 57.6 Å². The highest BCUT2D eigenvalue weighted by Crippen LogP contribution is 2.29. The van der Waals surface area contributed by atoms with Gasteiger partial charge in [-0.05, 0) is 50.6 Å². The number of amides is 1. The molecular weight excluding hydrogens is 384 g/mol. The Morgan fingerprint density at radius 2 is 1.80 bits per heavy atom. The number of halogens is 1. The van der Waals surface area contributed by atoms with Gasteiger partial charge in [-0.15, -0.1) is 0 Å². The van der Waals surface area contributed by atoms with Gasteiger partial charge in [0.15, 0.2) is 11.5 Å². The first-order valence-electron chi connectivity index (χ1n) is 8.01. The summed E-state index contributed by atoms with van der Waals surface area (Å²) in [5, 5.41) is 0. The van der Waals surface area contributed by atoms with E-state index in [1.54, 1.807) is 18.2 Å². The smallest absolute Gasteiger partial charge is 0.279 e. The fourth-order valence-corrected chi connectivity index (χ4v) is 2.67. The zero-order chi connectivity index (χ0) is 18.4. The van der Waals surface area contributed by atoms with Crippen LogP contribution in [0.2, 0.25) is 0 Å². The van der Waals surface area contributed by atoms with Gasteiger partial charge < -0.3 is 15.2 Å². The summed E-state index contributed by atoms with van der Waals surface area (Å²) in [6.07, 6.45) is 0. The predicted molar refractivity (Wildman–Crippen MR) is 103 cm³/mol. The molecule has 5 nitrogen and oxygen atoms in total. The molecule has 6 heteroatoms. The van der Waals surface area contributed by atoms with Crippen LogP contribution in [0.4, 0.5) is 0 Å². The quantitative estimate of drug-likeness (QED) is 0.580. The number of nitrogens with zero attached hydrogens (tertiary/aromatic N) is 1. The second-order valence-electron chi connectivity index (χ2n) is 5.24. The molecule has 0 saturated heterocycles. The number of carbonyl (C=O) groups excluding carboxylic acids is 1. The van der Waals surface area contributed by atoms with E-state index in [1.807, 2.05) is 39.0 Å². The lowest BCUT2D eigenvalue weighted by Crippen LogP contribution is -2.17. The summed E-state index contributed by atoms with van der Waals surface area (Å²) >= 11 is 3.45. The van der Waals surface area contributed by atoms with Crippen LogP contribution in [0.5, 0.6) is 11.5 Å². The van der Waals surface area contributed by atoms with Crippen LogP contribution >= 0.6 is 15.9 Å². The molecule has 0 atom stereocenters. The van der Waals surface area contributed by atoms with Crippen LogP contribution in [0.25, 0.3) is 0 Å². The molecule has 25 heavy (non-hydrogen) atoms. The summed E-state index contributed by atoms with van der Waals surface area (Å²) in [6, 6.07) is 10.6. The van der Waals surface area contributed by atoms with Crippen LogP contribution in [0, 0.1) is 6.92 Å². The van der Waals surface area contributed by atoms with Gasteiger partial charge in [0.2, 0.25) is 0 Å². The van der Waals surface area contributed by atoms with E-state index in [1.165, 1.54) is 0 Å². The van der Waals surface area contributed by atoms with Crippen LogP contribution in [-0.4, -0.2) is 25.0 Å². The lowest BCUT2D eigenvalue weighted by Gasteiger charge is -2.11. The topological polar surface area (TPSA) is 73.9 Å². The summed E-state index contributed by atoms with van der Waals surface area (Å²) in [7, 11) is 0. The highest BCUT2D eigenvalue weighted by Gasteiger charge is 2.13.